The van der Waals surface area contributed by atoms with Crippen molar-refractivity contribution in [3.8, 4) is 11.5 Å². The van der Waals surface area contributed by atoms with Crippen LogP contribution in [0, 0.1) is 13.8 Å². The normalized spacial score (nSPS) is 10.7. The second kappa shape index (κ2) is 9.38. The van der Waals surface area contributed by atoms with E-state index in [4.69, 9.17) is 9.47 Å². The highest BCUT2D eigenvalue weighted by molar-refractivity contribution is 6.03. The molecule has 2 aromatic heterocycles. The first-order chi connectivity index (χ1) is 15.5. The Morgan fingerprint density at radius 3 is 2.56 bits per heavy atom. The van der Waals surface area contributed by atoms with Crippen LogP contribution >= 0.6 is 0 Å². The number of hydrogen-bond acceptors (Lipinski definition) is 5. The van der Waals surface area contributed by atoms with Crippen molar-refractivity contribution in [1.82, 2.24) is 19.6 Å². The van der Waals surface area contributed by atoms with Crippen LogP contribution in [0.4, 0.5) is 5.69 Å². The lowest BCUT2D eigenvalue weighted by Crippen LogP contribution is -2.15. The fourth-order valence-corrected chi connectivity index (χ4v) is 3.37. The van der Waals surface area contributed by atoms with E-state index in [0.717, 1.165) is 28.5 Å². The van der Waals surface area contributed by atoms with E-state index in [-0.39, 0.29) is 12.6 Å². The molecule has 1 amide bonds. The van der Waals surface area contributed by atoms with Gasteiger partial charge in [0.25, 0.3) is 5.91 Å². The average Bonchev–Trinajstić information content (AvgIpc) is 3.39. The third-order valence-corrected chi connectivity index (χ3v) is 5.07. The number of hydrogen-bond donors (Lipinski definition) is 1. The van der Waals surface area contributed by atoms with Crippen molar-refractivity contribution >= 4 is 11.6 Å². The molecule has 0 aliphatic carbocycles. The standard InChI is InChI=1S/C24H25N5O3/c1-17-23(18(2)29(26-17)15-19-8-7-11-21(14-19)31-3)25-24(30)22-12-13-28(27-22)16-32-20-9-5-4-6-10-20/h4-14H,15-16H2,1-3H3,(H,25,30). The van der Waals surface area contributed by atoms with Crippen molar-refractivity contribution < 1.29 is 14.3 Å². The van der Waals surface area contributed by atoms with Gasteiger partial charge < -0.3 is 14.8 Å². The van der Waals surface area contributed by atoms with Gasteiger partial charge in [0.05, 0.1) is 30.7 Å². The Hall–Kier alpha value is -4.07. The molecule has 4 rings (SSSR count). The largest absolute Gasteiger partial charge is 0.497 e. The second-order valence-corrected chi connectivity index (χ2v) is 7.34. The Morgan fingerprint density at radius 1 is 1.00 bits per heavy atom. The predicted octanol–water partition coefficient (Wildman–Crippen LogP) is 4.04. The van der Waals surface area contributed by atoms with Crippen molar-refractivity contribution in [2.24, 2.45) is 0 Å². The van der Waals surface area contributed by atoms with Gasteiger partial charge in [-0.2, -0.15) is 10.2 Å². The van der Waals surface area contributed by atoms with E-state index >= 15 is 0 Å². The van der Waals surface area contributed by atoms with Gasteiger partial charge in [-0.15, -0.1) is 0 Å². The van der Waals surface area contributed by atoms with Gasteiger partial charge in [-0.05, 0) is 49.7 Å². The number of ether oxygens (including phenoxy) is 2. The molecule has 2 aromatic carbocycles. The van der Waals surface area contributed by atoms with Crippen molar-refractivity contribution in [3.63, 3.8) is 0 Å². The fraction of sp³-hybridized carbons (Fsp3) is 0.208. The van der Waals surface area contributed by atoms with Gasteiger partial charge in [0.15, 0.2) is 12.4 Å². The third-order valence-electron chi connectivity index (χ3n) is 5.07. The predicted molar refractivity (Wildman–Crippen MR) is 121 cm³/mol. The van der Waals surface area contributed by atoms with Crippen LogP contribution in [0.3, 0.4) is 0 Å². The average molecular weight is 431 g/mol. The lowest BCUT2D eigenvalue weighted by molar-refractivity contribution is 0.102. The maximum absolute atomic E-state index is 12.8. The molecule has 0 aliphatic heterocycles. The first-order valence-corrected chi connectivity index (χ1v) is 10.2. The third kappa shape index (κ3) is 4.80. The van der Waals surface area contributed by atoms with Crippen LogP contribution in [0.1, 0.15) is 27.4 Å². The SMILES string of the molecule is COc1cccc(Cn2nc(C)c(NC(=O)c3ccn(COc4ccccc4)n3)c2C)c1. The maximum Gasteiger partial charge on any atom is 0.276 e. The molecule has 8 nitrogen and oxygen atoms in total. The molecule has 0 unspecified atom stereocenters. The van der Waals surface area contributed by atoms with E-state index in [9.17, 15) is 4.79 Å². The topological polar surface area (TPSA) is 83.2 Å². The molecule has 4 aromatic rings. The smallest absolute Gasteiger partial charge is 0.276 e. The number of methoxy groups -OCH3 is 1. The van der Waals surface area contributed by atoms with Gasteiger partial charge in [-0.3, -0.25) is 9.48 Å². The summed E-state index contributed by atoms with van der Waals surface area (Å²) in [6.45, 7) is 4.60. The number of nitrogens with zero attached hydrogens (tertiary/aromatic N) is 4. The number of carbonyl (C=O) groups is 1. The molecule has 0 saturated carbocycles. The van der Waals surface area contributed by atoms with Crippen LogP contribution in [-0.2, 0) is 13.3 Å². The molecule has 0 saturated heterocycles. The van der Waals surface area contributed by atoms with Gasteiger partial charge >= 0.3 is 0 Å². The van der Waals surface area contributed by atoms with Crippen molar-refractivity contribution in [2.45, 2.75) is 27.1 Å². The molecular formula is C24H25N5O3. The summed E-state index contributed by atoms with van der Waals surface area (Å²) >= 11 is 0. The quantitative estimate of drug-likeness (QED) is 0.455. The summed E-state index contributed by atoms with van der Waals surface area (Å²) in [4.78, 5) is 12.8. The van der Waals surface area contributed by atoms with E-state index in [1.54, 1.807) is 24.1 Å². The highest BCUT2D eigenvalue weighted by Crippen LogP contribution is 2.22. The zero-order valence-electron chi connectivity index (χ0n) is 18.3. The van der Waals surface area contributed by atoms with Crippen LogP contribution in [0.25, 0.3) is 0 Å². The number of anilines is 1. The summed E-state index contributed by atoms with van der Waals surface area (Å²) < 4.78 is 14.4. The van der Waals surface area contributed by atoms with E-state index in [0.29, 0.717) is 17.9 Å². The Kier molecular flexibility index (Phi) is 6.21. The number of nitrogens with one attached hydrogen (secondary N) is 1. The zero-order valence-corrected chi connectivity index (χ0v) is 18.3. The number of amides is 1. The van der Waals surface area contributed by atoms with E-state index in [1.807, 2.05) is 73.1 Å². The van der Waals surface area contributed by atoms with Crippen LogP contribution in [-0.4, -0.2) is 32.6 Å². The minimum Gasteiger partial charge on any atom is -0.497 e. The summed E-state index contributed by atoms with van der Waals surface area (Å²) in [7, 11) is 1.64. The Morgan fingerprint density at radius 2 is 1.78 bits per heavy atom. The summed E-state index contributed by atoms with van der Waals surface area (Å²) in [5.74, 6) is 1.24. The molecule has 0 radical (unpaired) electrons. The fourth-order valence-electron chi connectivity index (χ4n) is 3.37. The number of carbonyl (C=O) groups excluding carboxylic acids is 1. The maximum atomic E-state index is 12.8. The number of rotatable bonds is 8. The van der Waals surface area contributed by atoms with Crippen molar-refractivity contribution in [2.75, 3.05) is 12.4 Å². The first-order valence-electron chi connectivity index (χ1n) is 10.2. The van der Waals surface area contributed by atoms with Gasteiger partial charge in [0.1, 0.15) is 11.5 Å². The minimum atomic E-state index is -0.296. The number of aryl methyl sites for hydroxylation is 1. The zero-order chi connectivity index (χ0) is 22.5. The molecule has 0 fully saturated rings. The van der Waals surface area contributed by atoms with E-state index in [1.165, 1.54) is 0 Å². The lowest BCUT2D eigenvalue weighted by atomic mass is 10.2. The molecule has 8 heteroatoms. The number of benzene rings is 2. The summed E-state index contributed by atoms with van der Waals surface area (Å²) in [6, 6.07) is 19.0. The molecule has 164 valence electrons. The minimum absolute atomic E-state index is 0.216. The molecule has 32 heavy (non-hydrogen) atoms. The van der Waals surface area contributed by atoms with Crippen LogP contribution in [0.2, 0.25) is 0 Å². The van der Waals surface area contributed by atoms with Gasteiger partial charge in [-0.25, -0.2) is 4.68 Å². The summed E-state index contributed by atoms with van der Waals surface area (Å²) in [5.41, 5.74) is 3.66. The molecular weight excluding hydrogens is 406 g/mol. The second-order valence-electron chi connectivity index (χ2n) is 7.34. The van der Waals surface area contributed by atoms with Gasteiger partial charge in [0.2, 0.25) is 0 Å². The number of aromatic nitrogens is 4. The van der Waals surface area contributed by atoms with Crippen LogP contribution in [0.5, 0.6) is 11.5 Å². The Labute approximate surface area is 186 Å². The molecule has 1 N–H and O–H groups in total. The van der Waals surface area contributed by atoms with E-state index in [2.05, 4.69) is 15.5 Å². The first kappa shape index (κ1) is 21.2. The monoisotopic (exact) mass is 431 g/mol. The number of para-hydroxylation sites is 1. The van der Waals surface area contributed by atoms with Crippen molar-refractivity contribution in [3.05, 3.63) is 89.5 Å². The molecule has 0 aliphatic rings. The highest BCUT2D eigenvalue weighted by Gasteiger charge is 2.17. The van der Waals surface area contributed by atoms with Gasteiger partial charge in [-0.1, -0.05) is 30.3 Å². The highest BCUT2D eigenvalue weighted by atomic mass is 16.5. The summed E-state index contributed by atoms with van der Waals surface area (Å²) in [6.07, 6.45) is 1.71. The molecule has 0 bridgehead atoms. The van der Waals surface area contributed by atoms with Crippen LogP contribution in [0.15, 0.2) is 66.9 Å². The van der Waals surface area contributed by atoms with E-state index < -0.39 is 0 Å². The molecule has 0 atom stereocenters. The van der Waals surface area contributed by atoms with Crippen LogP contribution < -0.4 is 14.8 Å². The molecule has 0 spiro atoms. The van der Waals surface area contributed by atoms with Gasteiger partial charge in [0, 0.05) is 6.20 Å². The Balaban J connectivity index is 1.42. The Bertz CT molecular complexity index is 1210. The molecule has 2 heterocycles. The lowest BCUT2D eigenvalue weighted by Gasteiger charge is -2.08. The summed E-state index contributed by atoms with van der Waals surface area (Å²) in [5, 5.41) is 11.9. The van der Waals surface area contributed by atoms with Crippen molar-refractivity contribution in [1.29, 1.82) is 0 Å².